The molecular weight excluding hydrogens is 370 g/mol. The van der Waals surface area contributed by atoms with Crippen molar-refractivity contribution in [3.8, 4) is 11.3 Å². The molecule has 0 bridgehead atoms. The molecule has 3 heterocycles. The maximum Gasteiger partial charge on any atom is 0.271 e. The molecule has 1 aromatic carbocycles. The van der Waals surface area contributed by atoms with E-state index in [0.717, 1.165) is 42.1 Å². The summed E-state index contributed by atoms with van der Waals surface area (Å²) in [5.74, 6) is -0.0199. The van der Waals surface area contributed by atoms with Crippen LogP contribution in [0, 0.1) is 0 Å². The Morgan fingerprint density at radius 1 is 1.42 bits per heavy atom. The van der Waals surface area contributed by atoms with Crippen LogP contribution in [0.1, 0.15) is 29.8 Å². The van der Waals surface area contributed by atoms with Gasteiger partial charge < -0.3 is 9.64 Å². The van der Waals surface area contributed by atoms with Crippen LogP contribution in [0.4, 0.5) is 0 Å². The Labute approximate surface area is 161 Å². The van der Waals surface area contributed by atoms with E-state index in [1.165, 1.54) is 11.3 Å². The second-order valence-electron chi connectivity index (χ2n) is 6.55. The van der Waals surface area contributed by atoms with Gasteiger partial charge >= 0.3 is 0 Å². The molecule has 0 unspecified atom stereocenters. The lowest BCUT2D eigenvalue weighted by atomic mass is 10.1. The molecule has 1 fully saturated rings. The van der Waals surface area contributed by atoms with Crippen molar-refractivity contribution in [3.05, 3.63) is 46.6 Å². The number of halogens is 1. The third-order valence-electron chi connectivity index (χ3n) is 4.68. The number of fused-ring (bicyclic) bond motifs is 1. The first kappa shape index (κ1) is 17.5. The normalized spacial score (nSPS) is 17.5. The highest BCUT2D eigenvalue weighted by atomic mass is 35.5. The molecule has 26 heavy (non-hydrogen) atoms. The van der Waals surface area contributed by atoms with Crippen molar-refractivity contribution in [1.82, 2.24) is 14.3 Å². The Hall–Kier alpha value is -1.89. The number of carbonyl (C=O) groups is 1. The van der Waals surface area contributed by atoms with E-state index in [1.807, 2.05) is 47.3 Å². The highest BCUT2D eigenvalue weighted by Gasteiger charge is 2.23. The first-order chi connectivity index (χ1) is 12.6. The smallest absolute Gasteiger partial charge is 0.271 e. The number of benzene rings is 1. The quantitative estimate of drug-likeness (QED) is 0.666. The first-order valence-electron chi connectivity index (χ1n) is 8.72. The van der Waals surface area contributed by atoms with Crippen LogP contribution in [-0.2, 0) is 4.74 Å². The zero-order valence-electron chi connectivity index (χ0n) is 14.5. The van der Waals surface area contributed by atoms with Gasteiger partial charge in [0.2, 0.25) is 0 Å². The second kappa shape index (κ2) is 7.39. The SMILES string of the molecule is CN(C[C@@H]1CCCCO1)C(=O)c1csc2nc(-c3ccccc3Cl)cn12. The molecule has 0 aliphatic carbocycles. The third kappa shape index (κ3) is 3.37. The van der Waals surface area contributed by atoms with Crippen LogP contribution in [0.3, 0.4) is 0 Å². The molecule has 3 aromatic rings. The minimum absolute atomic E-state index is 0.0199. The fraction of sp³-hybridized carbons (Fsp3) is 0.368. The fourth-order valence-corrected chi connectivity index (χ4v) is 4.35. The van der Waals surface area contributed by atoms with E-state index in [1.54, 1.807) is 4.90 Å². The number of amides is 1. The molecule has 0 N–H and O–H groups in total. The van der Waals surface area contributed by atoms with E-state index < -0.39 is 0 Å². The van der Waals surface area contributed by atoms with Gasteiger partial charge in [-0.25, -0.2) is 4.98 Å². The van der Waals surface area contributed by atoms with Crippen molar-refractivity contribution in [2.24, 2.45) is 0 Å². The molecule has 1 aliphatic rings. The molecule has 0 saturated carbocycles. The molecule has 2 aromatic heterocycles. The Kier molecular flexibility index (Phi) is 4.98. The van der Waals surface area contributed by atoms with Gasteiger partial charge in [0.1, 0.15) is 5.69 Å². The van der Waals surface area contributed by atoms with E-state index in [-0.39, 0.29) is 12.0 Å². The van der Waals surface area contributed by atoms with Gasteiger partial charge in [0, 0.05) is 37.3 Å². The molecule has 1 aliphatic heterocycles. The lowest BCUT2D eigenvalue weighted by molar-refractivity contribution is -0.000302. The van der Waals surface area contributed by atoms with Crippen LogP contribution in [0.15, 0.2) is 35.8 Å². The molecular formula is C19H20ClN3O2S. The van der Waals surface area contributed by atoms with Crippen LogP contribution in [0.25, 0.3) is 16.2 Å². The summed E-state index contributed by atoms with van der Waals surface area (Å²) in [4.78, 5) is 20.1. The number of hydrogen-bond donors (Lipinski definition) is 0. The Morgan fingerprint density at radius 2 is 2.27 bits per heavy atom. The number of carbonyl (C=O) groups excluding carboxylic acids is 1. The monoisotopic (exact) mass is 389 g/mol. The van der Waals surface area contributed by atoms with Crippen molar-refractivity contribution in [2.45, 2.75) is 25.4 Å². The molecule has 7 heteroatoms. The largest absolute Gasteiger partial charge is 0.376 e. The van der Waals surface area contributed by atoms with E-state index in [9.17, 15) is 4.79 Å². The summed E-state index contributed by atoms with van der Waals surface area (Å²) < 4.78 is 7.60. The van der Waals surface area contributed by atoms with Crippen LogP contribution in [0.5, 0.6) is 0 Å². The predicted molar refractivity (Wildman–Crippen MR) is 104 cm³/mol. The summed E-state index contributed by atoms with van der Waals surface area (Å²) in [6.45, 7) is 1.40. The van der Waals surface area contributed by atoms with E-state index in [0.29, 0.717) is 17.3 Å². The summed E-state index contributed by atoms with van der Waals surface area (Å²) in [7, 11) is 1.83. The van der Waals surface area contributed by atoms with Crippen molar-refractivity contribution in [3.63, 3.8) is 0 Å². The van der Waals surface area contributed by atoms with E-state index in [4.69, 9.17) is 16.3 Å². The maximum atomic E-state index is 12.9. The van der Waals surface area contributed by atoms with Crippen molar-refractivity contribution in [2.75, 3.05) is 20.2 Å². The van der Waals surface area contributed by atoms with Crippen LogP contribution >= 0.6 is 22.9 Å². The molecule has 136 valence electrons. The van der Waals surface area contributed by atoms with Gasteiger partial charge in [-0.15, -0.1) is 11.3 Å². The van der Waals surface area contributed by atoms with Gasteiger partial charge in [-0.3, -0.25) is 9.20 Å². The second-order valence-corrected chi connectivity index (χ2v) is 7.80. The topological polar surface area (TPSA) is 46.8 Å². The average molecular weight is 390 g/mol. The van der Waals surface area contributed by atoms with E-state index >= 15 is 0 Å². The summed E-state index contributed by atoms with van der Waals surface area (Å²) >= 11 is 7.74. The summed E-state index contributed by atoms with van der Waals surface area (Å²) in [5, 5.41) is 2.51. The van der Waals surface area contributed by atoms with Gasteiger partial charge in [0.25, 0.3) is 5.91 Å². The van der Waals surface area contributed by atoms with Gasteiger partial charge in [-0.1, -0.05) is 29.8 Å². The zero-order valence-corrected chi connectivity index (χ0v) is 16.1. The molecule has 0 radical (unpaired) electrons. The number of rotatable bonds is 4. The zero-order chi connectivity index (χ0) is 18.1. The van der Waals surface area contributed by atoms with Gasteiger partial charge in [0.15, 0.2) is 4.96 Å². The first-order valence-corrected chi connectivity index (χ1v) is 9.98. The van der Waals surface area contributed by atoms with E-state index in [2.05, 4.69) is 4.98 Å². The Morgan fingerprint density at radius 3 is 3.04 bits per heavy atom. The Bertz CT molecular complexity index is 930. The summed E-state index contributed by atoms with van der Waals surface area (Å²) in [6, 6.07) is 7.59. The molecule has 0 spiro atoms. The number of aromatic nitrogens is 2. The number of likely N-dealkylation sites (N-methyl/N-ethyl adjacent to an activating group) is 1. The van der Waals surface area contributed by atoms with Crippen molar-refractivity contribution < 1.29 is 9.53 Å². The number of thiazole rings is 1. The van der Waals surface area contributed by atoms with Crippen LogP contribution in [0.2, 0.25) is 5.02 Å². The van der Waals surface area contributed by atoms with Gasteiger partial charge in [-0.2, -0.15) is 0 Å². The lowest BCUT2D eigenvalue weighted by Crippen LogP contribution is -2.37. The molecule has 1 amide bonds. The van der Waals surface area contributed by atoms with Crippen molar-refractivity contribution >= 4 is 33.8 Å². The number of hydrogen-bond acceptors (Lipinski definition) is 4. The predicted octanol–water partition coefficient (Wildman–Crippen LogP) is 4.36. The number of ether oxygens (including phenoxy) is 1. The highest BCUT2D eigenvalue weighted by Crippen LogP contribution is 2.29. The van der Waals surface area contributed by atoms with Crippen LogP contribution in [-0.4, -0.2) is 46.5 Å². The molecule has 5 nitrogen and oxygen atoms in total. The maximum absolute atomic E-state index is 12.9. The molecule has 4 rings (SSSR count). The van der Waals surface area contributed by atoms with Crippen molar-refractivity contribution in [1.29, 1.82) is 0 Å². The minimum atomic E-state index is -0.0199. The standard InChI is InChI=1S/C19H20ClN3O2S/c1-22(10-13-6-4-5-9-25-13)18(24)17-12-26-19-21-16(11-23(17)19)14-7-2-3-8-15(14)20/h2-3,7-8,11-13H,4-6,9-10H2,1H3/t13-/m0/s1. The number of nitrogens with zero attached hydrogens (tertiary/aromatic N) is 3. The Balaban J connectivity index is 1.58. The lowest BCUT2D eigenvalue weighted by Gasteiger charge is -2.27. The molecule has 1 saturated heterocycles. The fourth-order valence-electron chi connectivity index (χ4n) is 3.27. The third-order valence-corrected chi connectivity index (χ3v) is 5.85. The average Bonchev–Trinajstić information content (AvgIpc) is 3.23. The van der Waals surface area contributed by atoms with Gasteiger partial charge in [-0.05, 0) is 25.3 Å². The molecule has 1 atom stereocenters. The summed E-state index contributed by atoms with van der Waals surface area (Å²) in [6.07, 6.45) is 5.30. The highest BCUT2D eigenvalue weighted by molar-refractivity contribution is 7.15. The van der Waals surface area contributed by atoms with Crippen LogP contribution < -0.4 is 0 Å². The minimum Gasteiger partial charge on any atom is -0.376 e. The number of imidazole rings is 1. The van der Waals surface area contributed by atoms with Gasteiger partial charge in [0.05, 0.1) is 16.8 Å². The summed E-state index contributed by atoms with van der Waals surface area (Å²) in [5.41, 5.74) is 2.26.